The molecule has 1 N–H and O–H groups in total. The van der Waals surface area contributed by atoms with Gasteiger partial charge < -0.3 is 15.1 Å². The highest BCUT2D eigenvalue weighted by atomic mass is 19.1. The van der Waals surface area contributed by atoms with Gasteiger partial charge in [-0.2, -0.15) is 0 Å². The van der Waals surface area contributed by atoms with E-state index in [9.17, 15) is 14.0 Å². The molecule has 3 aliphatic rings. The summed E-state index contributed by atoms with van der Waals surface area (Å²) in [5.41, 5.74) is 0.347. The minimum Gasteiger partial charge on any atom is -0.341 e. The zero-order valence-corrected chi connectivity index (χ0v) is 15.0. The normalized spacial score (nSPS) is 25.0. The van der Waals surface area contributed by atoms with Gasteiger partial charge in [0.25, 0.3) is 5.91 Å². The molecule has 26 heavy (non-hydrogen) atoms. The number of carbonyl (C=O) groups excluding carboxylic acids is 2. The van der Waals surface area contributed by atoms with E-state index < -0.39 is 5.82 Å². The molecule has 1 unspecified atom stereocenters. The van der Waals surface area contributed by atoms with Crippen LogP contribution in [0, 0.1) is 17.2 Å². The van der Waals surface area contributed by atoms with Crippen molar-refractivity contribution in [3.63, 3.8) is 0 Å². The molecule has 2 amide bonds. The molecule has 2 heterocycles. The lowest BCUT2D eigenvalue weighted by Crippen LogP contribution is -2.39. The third-order valence-electron chi connectivity index (χ3n) is 6.29. The van der Waals surface area contributed by atoms with Crippen LogP contribution in [0.25, 0.3) is 0 Å². The van der Waals surface area contributed by atoms with E-state index in [4.69, 9.17) is 0 Å². The van der Waals surface area contributed by atoms with E-state index >= 15 is 0 Å². The van der Waals surface area contributed by atoms with Crippen molar-refractivity contribution in [2.75, 3.05) is 39.3 Å². The summed E-state index contributed by atoms with van der Waals surface area (Å²) < 4.78 is 13.9. The van der Waals surface area contributed by atoms with Crippen LogP contribution in [0.5, 0.6) is 0 Å². The summed E-state index contributed by atoms with van der Waals surface area (Å²) >= 11 is 0. The number of benzene rings is 1. The topological polar surface area (TPSA) is 52.7 Å². The molecule has 0 bridgehead atoms. The predicted molar refractivity (Wildman–Crippen MR) is 96.1 cm³/mol. The molecule has 2 aliphatic heterocycles. The van der Waals surface area contributed by atoms with Gasteiger partial charge in [0.15, 0.2) is 0 Å². The summed E-state index contributed by atoms with van der Waals surface area (Å²) in [6.45, 7) is 4.29. The lowest BCUT2D eigenvalue weighted by atomic mass is 9.91. The number of hydrogen-bond acceptors (Lipinski definition) is 3. The Balaban J connectivity index is 1.37. The van der Waals surface area contributed by atoms with Crippen molar-refractivity contribution in [1.82, 2.24) is 15.1 Å². The van der Waals surface area contributed by atoms with E-state index in [1.807, 2.05) is 4.90 Å². The second kappa shape index (κ2) is 6.99. The number of rotatable bonds is 2. The predicted octanol–water partition coefficient (Wildman–Crippen LogP) is 1.89. The van der Waals surface area contributed by atoms with Crippen molar-refractivity contribution in [1.29, 1.82) is 0 Å². The molecule has 4 rings (SSSR count). The maximum Gasteiger partial charge on any atom is 0.256 e. The number of halogens is 1. The van der Waals surface area contributed by atoms with E-state index in [1.165, 1.54) is 12.1 Å². The van der Waals surface area contributed by atoms with E-state index in [-0.39, 0.29) is 28.7 Å². The van der Waals surface area contributed by atoms with Gasteiger partial charge >= 0.3 is 0 Å². The Morgan fingerprint density at radius 3 is 2.50 bits per heavy atom. The number of amides is 2. The van der Waals surface area contributed by atoms with Gasteiger partial charge in [0.2, 0.25) is 5.91 Å². The van der Waals surface area contributed by atoms with Gasteiger partial charge in [0, 0.05) is 32.1 Å². The van der Waals surface area contributed by atoms with Crippen molar-refractivity contribution >= 4 is 11.8 Å². The number of hydrogen-bond donors (Lipinski definition) is 1. The molecule has 3 fully saturated rings. The van der Waals surface area contributed by atoms with E-state index in [0.29, 0.717) is 26.2 Å². The molecule has 2 saturated heterocycles. The van der Waals surface area contributed by atoms with Crippen LogP contribution in [0.3, 0.4) is 0 Å². The lowest BCUT2D eigenvalue weighted by molar-refractivity contribution is -0.133. The first-order valence-corrected chi connectivity index (χ1v) is 9.64. The molecule has 1 aromatic rings. The minimum atomic E-state index is -0.486. The van der Waals surface area contributed by atoms with Crippen LogP contribution in [-0.2, 0) is 4.79 Å². The van der Waals surface area contributed by atoms with E-state index in [0.717, 1.165) is 38.8 Å². The highest BCUT2D eigenvalue weighted by Gasteiger charge is 2.58. The van der Waals surface area contributed by atoms with Crippen molar-refractivity contribution in [2.24, 2.45) is 11.3 Å². The summed E-state index contributed by atoms with van der Waals surface area (Å²) in [4.78, 5) is 29.1. The fraction of sp³-hybridized carbons (Fsp3) is 0.600. The average Bonchev–Trinajstić information content (AvgIpc) is 3.40. The molecule has 0 radical (unpaired) electrons. The van der Waals surface area contributed by atoms with Crippen molar-refractivity contribution in [2.45, 2.75) is 25.7 Å². The SMILES string of the molecule is O=C(c1ccccc1F)N1CCCN(C(=O)C2CC23CCNCC3)CC1. The van der Waals surface area contributed by atoms with Gasteiger partial charge in [-0.25, -0.2) is 4.39 Å². The van der Waals surface area contributed by atoms with Gasteiger partial charge in [-0.15, -0.1) is 0 Å². The maximum atomic E-state index is 13.9. The van der Waals surface area contributed by atoms with Crippen LogP contribution in [0.1, 0.15) is 36.0 Å². The molecule has 1 atom stereocenters. The largest absolute Gasteiger partial charge is 0.341 e. The fourth-order valence-corrected chi connectivity index (χ4v) is 4.54. The van der Waals surface area contributed by atoms with Gasteiger partial charge in [-0.3, -0.25) is 9.59 Å². The molecule has 1 aliphatic carbocycles. The smallest absolute Gasteiger partial charge is 0.256 e. The average molecular weight is 359 g/mol. The zero-order valence-electron chi connectivity index (χ0n) is 15.0. The van der Waals surface area contributed by atoms with E-state index in [1.54, 1.807) is 17.0 Å². The van der Waals surface area contributed by atoms with Crippen LogP contribution in [-0.4, -0.2) is 60.9 Å². The zero-order chi connectivity index (χ0) is 18.1. The second-order valence-corrected chi connectivity index (χ2v) is 7.82. The number of nitrogens with zero attached hydrogens (tertiary/aromatic N) is 2. The maximum absolute atomic E-state index is 13.9. The Morgan fingerprint density at radius 2 is 1.73 bits per heavy atom. The Bertz CT molecular complexity index is 702. The summed E-state index contributed by atoms with van der Waals surface area (Å²) in [7, 11) is 0. The highest BCUT2D eigenvalue weighted by molar-refractivity contribution is 5.94. The molecule has 1 aromatic carbocycles. The quantitative estimate of drug-likeness (QED) is 0.877. The number of carbonyl (C=O) groups is 2. The van der Waals surface area contributed by atoms with Gasteiger partial charge in [-0.1, -0.05) is 12.1 Å². The third-order valence-corrected chi connectivity index (χ3v) is 6.29. The Hall–Kier alpha value is -1.95. The monoisotopic (exact) mass is 359 g/mol. The summed E-state index contributed by atoms with van der Waals surface area (Å²) in [6.07, 6.45) is 3.94. The second-order valence-electron chi connectivity index (χ2n) is 7.82. The number of nitrogens with one attached hydrogen (secondary N) is 1. The summed E-state index contributed by atoms with van der Waals surface area (Å²) in [6, 6.07) is 6.10. The molecule has 1 spiro atoms. The van der Waals surface area contributed by atoms with Crippen LogP contribution < -0.4 is 5.32 Å². The van der Waals surface area contributed by atoms with E-state index in [2.05, 4.69) is 5.32 Å². The van der Waals surface area contributed by atoms with Gasteiger partial charge in [-0.05, 0) is 56.3 Å². The van der Waals surface area contributed by atoms with Crippen molar-refractivity contribution < 1.29 is 14.0 Å². The fourth-order valence-electron chi connectivity index (χ4n) is 4.54. The lowest BCUT2D eigenvalue weighted by Gasteiger charge is -2.26. The Labute approximate surface area is 153 Å². The molecular formula is C20H26FN3O2. The van der Waals surface area contributed by atoms with Crippen molar-refractivity contribution in [3.8, 4) is 0 Å². The summed E-state index contributed by atoms with van der Waals surface area (Å²) in [5, 5.41) is 3.37. The minimum absolute atomic E-state index is 0.114. The first-order chi connectivity index (χ1) is 12.6. The number of piperidine rings is 1. The van der Waals surface area contributed by atoms with Crippen LogP contribution in [0.15, 0.2) is 24.3 Å². The molecule has 140 valence electrons. The Kier molecular flexibility index (Phi) is 4.69. The molecule has 5 nitrogen and oxygen atoms in total. The highest BCUT2D eigenvalue weighted by Crippen LogP contribution is 2.59. The van der Waals surface area contributed by atoms with Crippen molar-refractivity contribution in [3.05, 3.63) is 35.6 Å². The molecular weight excluding hydrogens is 333 g/mol. The third kappa shape index (κ3) is 3.22. The van der Waals surface area contributed by atoms with Gasteiger partial charge in [0.05, 0.1) is 5.56 Å². The summed E-state index contributed by atoms with van der Waals surface area (Å²) in [5.74, 6) is -0.343. The van der Waals surface area contributed by atoms with Crippen LogP contribution in [0.4, 0.5) is 4.39 Å². The van der Waals surface area contributed by atoms with Crippen LogP contribution in [0.2, 0.25) is 0 Å². The van der Waals surface area contributed by atoms with Gasteiger partial charge in [0.1, 0.15) is 5.82 Å². The standard InChI is InChI=1S/C20H26FN3O2/c21-17-5-2-1-4-15(17)18(25)23-10-3-11-24(13-12-23)19(26)16-14-20(16)6-8-22-9-7-20/h1-2,4-5,16,22H,3,6-14H2. The Morgan fingerprint density at radius 1 is 1.04 bits per heavy atom. The first kappa shape index (κ1) is 17.5. The van der Waals surface area contributed by atoms with Crippen LogP contribution >= 0.6 is 0 Å². The molecule has 0 aromatic heterocycles. The first-order valence-electron chi connectivity index (χ1n) is 9.64. The molecule has 6 heteroatoms. The molecule has 1 saturated carbocycles.